The van der Waals surface area contributed by atoms with E-state index >= 15 is 0 Å². The Bertz CT molecular complexity index is 476. The quantitative estimate of drug-likeness (QED) is 0.801. The first kappa shape index (κ1) is 12.3. The smallest absolute Gasteiger partial charge is 0.322 e. The number of hydrogen-bond donors (Lipinski definition) is 2. The molecule has 19 heavy (non-hydrogen) atoms. The molecule has 0 saturated carbocycles. The average molecular weight is 260 g/mol. The molecule has 2 N–H and O–H groups in total. The Morgan fingerprint density at radius 3 is 3.00 bits per heavy atom. The summed E-state index contributed by atoms with van der Waals surface area (Å²) in [6, 6.07) is 8.25. The topological polar surface area (TPSA) is 47.6 Å². The van der Waals surface area contributed by atoms with Gasteiger partial charge in [0.15, 0.2) is 0 Å². The third-order valence-corrected chi connectivity index (χ3v) is 3.81. The number of benzene rings is 1. The van der Waals surface area contributed by atoms with Gasteiger partial charge in [0.25, 0.3) is 0 Å². The van der Waals surface area contributed by atoms with Gasteiger partial charge in [-0.3, -0.25) is 4.90 Å². The molecule has 0 aromatic heterocycles. The van der Waals surface area contributed by atoms with Gasteiger partial charge in [-0.05, 0) is 32.1 Å². The Labute approximate surface area is 113 Å². The standard InChI is InChI=1S/C14H20N4O/c1-17-8-6-11(10-17)16-14(19)18-9-7-15-12-4-2-3-5-13(12)18/h2-5,11,15H,6-10H2,1H3,(H,16,19). The van der Waals surface area contributed by atoms with Crippen LogP contribution >= 0.6 is 0 Å². The summed E-state index contributed by atoms with van der Waals surface area (Å²) < 4.78 is 0. The van der Waals surface area contributed by atoms with Crippen LogP contribution in [-0.4, -0.2) is 50.2 Å². The number of amides is 2. The molecule has 1 saturated heterocycles. The molecule has 1 fully saturated rings. The van der Waals surface area contributed by atoms with Gasteiger partial charge in [-0.2, -0.15) is 0 Å². The van der Waals surface area contributed by atoms with Crippen molar-refractivity contribution in [3.63, 3.8) is 0 Å². The summed E-state index contributed by atoms with van der Waals surface area (Å²) in [5, 5.41) is 6.46. The summed E-state index contributed by atoms with van der Waals surface area (Å²) in [6.07, 6.45) is 1.04. The zero-order chi connectivity index (χ0) is 13.2. The van der Waals surface area contributed by atoms with Gasteiger partial charge in [-0.25, -0.2) is 4.79 Å². The summed E-state index contributed by atoms with van der Waals surface area (Å²) in [4.78, 5) is 16.5. The number of hydrogen-bond acceptors (Lipinski definition) is 3. The van der Waals surface area contributed by atoms with Gasteiger partial charge < -0.3 is 15.5 Å². The molecule has 1 aromatic rings. The lowest BCUT2D eigenvalue weighted by Crippen LogP contribution is -2.48. The van der Waals surface area contributed by atoms with Crippen molar-refractivity contribution < 1.29 is 4.79 Å². The van der Waals surface area contributed by atoms with E-state index in [-0.39, 0.29) is 12.1 Å². The maximum atomic E-state index is 12.4. The largest absolute Gasteiger partial charge is 0.382 e. The highest BCUT2D eigenvalue weighted by Crippen LogP contribution is 2.28. The van der Waals surface area contributed by atoms with Crippen LogP contribution in [0.15, 0.2) is 24.3 Å². The first-order valence-corrected chi connectivity index (χ1v) is 6.83. The number of likely N-dealkylation sites (N-methyl/N-ethyl adjacent to an activating group) is 1. The number of carbonyl (C=O) groups is 1. The molecule has 5 heteroatoms. The molecule has 2 aliphatic rings. The summed E-state index contributed by atoms with van der Waals surface area (Å²) in [6.45, 7) is 3.52. The van der Waals surface area contributed by atoms with Gasteiger partial charge >= 0.3 is 6.03 Å². The fourth-order valence-electron chi connectivity index (χ4n) is 2.80. The van der Waals surface area contributed by atoms with Crippen molar-refractivity contribution in [3.05, 3.63) is 24.3 Å². The van der Waals surface area contributed by atoms with E-state index in [2.05, 4.69) is 22.6 Å². The first-order valence-electron chi connectivity index (χ1n) is 6.83. The van der Waals surface area contributed by atoms with E-state index in [1.54, 1.807) is 0 Å². The maximum absolute atomic E-state index is 12.4. The van der Waals surface area contributed by atoms with Crippen LogP contribution in [0.5, 0.6) is 0 Å². The first-order chi connectivity index (χ1) is 9.24. The van der Waals surface area contributed by atoms with Gasteiger partial charge in [0.05, 0.1) is 11.4 Å². The van der Waals surface area contributed by atoms with Crippen LogP contribution < -0.4 is 15.5 Å². The maximum Gasteiger partial charge on any atom is 0.322 e. The van der Waals surface area contributed by atoms with Crippen LogP contribution in [0.3, 0.4) is 0 Å². The minimum atomic E-state index is 0.0225. The summed E-state index contributed by atoms with van der Waals surface area (Å²) >= 11 is 0. The van der Waals surface area contributed by atoms with E-state index in [0.717, 1.165) is 37.4 Å². The lowest BCUT2D eigenvalue weighted by molar-refractivity contribution is 0.242. The van der Waals surface area contributed by atoms with E-state index in [1.165, 1.54) is 0 Å². The number of fused-ring (bicyclic) bond motifs is 1. The van der Waals surface area contributed by atoms with Crippen molar-refractivity contribution in [2.24, 2.45) is 0 Å². The monoisotopic (exact) mass is 260 g/mol. The second-order valence-corrected chi connectivity index (χ2v) is 5.29. The van der Waals surface area contributed by atoms with E-state index in [9.17, 15) is 4.79 Å². The van der Waals surface area contributed by atoms with Crippen LogP contribution in [0.1, 0.15) is 6.42 Å². The highest BCUT2D eigenvalue weighted by atomic mass is 16.2. The Morgan fingerprint density at radius 2 is 2.21 bits per heavy atom. The van der Waals surface area contributed by atoms with Crippen molar-refractivity contribution in [1.29, 1.82) is 0 Å². The molecule has 1 aromatic carbocycles. The van der Waals surface area contributed by atoms with E-state index in [4.69, 9.17) is 0 Å². The summed E-state index contributed by atoms with van der Waals surface area (Å²) in [7, 11) is 2.09. The normalized spacial score (nSPS) is 22.8. The second kappa shape index (κ2) is 5.09. The van der Waals surface area contributed by atoms with Crippen molar-refractivity contribution in [2.45, 2.75) is 12.5 Å². The zero-order valence-electron chi connectivity index (χ0n) is 11.2. The number of carbonyl (C=O) groups excluding carboxylic acids is 1. The lowest BCUT2D eigenvalue weighted by Gasteiger charge is -2.31. The molecule has 1 atom stereocenters. The molecule has 5 nitrogen and oxygen atoms in total. The molecular formula is C14H20N4O. The van der Waals surface area contributed by atoms with Crippen LogP contribution in [-0.2, 0) is 0 Å². The molecule has 2 amide bonds. The molecular weight excluding hydrogens is 240 g/mol. The van der Waals surface area contributed by atoms with Gasteiger partial charge in [0.2, 0.25) is 0 Å². The van der Waals surface area contributed by atoms with Crippen molar-refractivity contribution >= 4 is 17.4 Å². The summed E-state index contributed by atoms with van der Waals surface area (Å²) in [5.41, 5.74) is 2.00. The number of para-hydroxylation sites is 2. The molecule has 0 radical (unpaired) electrons. The number of urea groups is 1. The Hall–Kier alpha value is -1.75. The van der Waals surface area contributed by atoms with Gasteiger partial charge in [0.1, 0.15) is 0 Å². The lowest BCUT2D eigenvalue weighted by atomic mass is 10.2. The fourth-order valence-corrected chi connectivity index (χ4v) is 2.80. The Morgan fingerprint density at radius 1 is 1.37 bits per heavy atom. The molecule has 0 aliphatic carbocycles. The Balaban J connectivity index is 1.71. The van der Waals surface area contributed by atoms with Gasteiger partial charge in [-0.15, -0.1) is 0 Å². The molecule has 0 bridgehead atoms. The molecule has 102 valence electrons. The number of nitrogens with one attached hydrogen (secondary N) is 2. The zero-order valence-corrected chi connectivity index (χ0v) is 11.2. The highest BCUT2D eigenvalue weighted by Gasteiger charge is 2.26. The van der Waals surface area contributed by atoms with E-state index < -0.39 is 0 Å². The third kappa shape index (κ3) is 2.51. The predicted molar refractivity (Wildman–Crippen MR) is 76.7 cm³/mol. The van der Waals surface area contributed by atoms with Gasteiger partial charge in [-0.1, -0.05) is 12.1 Å². The van der Waals surface area contributed by atoms with Crippen molar-refractivity contribution in [1.82, 2.24) is 10.2 Å². The number of anilines is 2. The number of likely N-dealkylation sites (tertiary alicyclic amines) is 1. The van der Waals surface area contributed by atoms with Crippen LogP contribution in [0, 0.1) is 0 Å². The van der Waals surface area contributed by atoms with Crippen molar-refractivity contribution in [3.8, 4) is 0 Å². The molecule has 1 unspecified atom stereocenters. The van der Waals surface area contributed by atoms with Crippen LogP contribution in [0.4, 0.5) is 16.2 Å². The predicted octanol–water partition coefficient (Wildman–Crippen LogP) is 1.33. The fraction of sp³-hybridized carbons (Fsp3) is 0.500. The number of nitrogens with zero attached hydrogens (tertiary/aromatic N) is 2. The molecule has 2 heterocycles. The number of rotatable bonds is 1. The van der Waals surface area contributed by atoms with Crippen LogP contribution in [0.2, 0.25) is 0 Å². The molecule has 0 spiro atoms. The summed E-state index contributed by atoms with van der Waals surface area (Å²) in [5.74, 6) is 0. The van der Waals surface area contributed by atoms with Gasteiger partial charge in [0, 0.05) is 25.7 Å². The minimum absolute atomic E-state index is 0.0225. The highest BCUT2D eigenvalue weighted by molar-refractivity contribution is 5.96. The second-order valence-electron chi connectivity index (χ2n) is 5.29. The van der Waals surface area contributed by atoms with E-state index in [1.807, 2.05) is 29.2 Å². The molecule has 3 rings (SSSR count). The van der Waals surface area contributed by atoms with E-state index in [0.29, 0.717) is 6.54 Å². The molecule has 2 aliphatic heterocycles. The van der Waals surface area contributed by atoms with Crippen LogP contribution in [0.25, 0.3) is 0 Å². The minimum Gasteiger partial charge on any atom is -0.382 e. The third-order valence-electron chi connectivity index (χ3n) is 3.81. The Kier molecular flexibility index (Phi) is 3.29. The average Bonchev–Trinajstić information content (AvgIpc) is 2.83. The van der Waals surface area contributed by atoms with Crippen molar-refractivity contribution in [2.75, 3.05) is 43.4 Å². The SMILES string of the molecule is CN1CCC(NC(=O)N2CCNc3ccccc32)C1.